The summed E-state index contributed by atoms with van der Waals surface area (Å²) in [4.78, 5) is 22.4. The van der Waals surface area contributed by atoms with Crippen molar-refractivity contribution < 1.29 is 13.6 Å². The number of anilines is 3. The normalized spacial score (nSPS) is 15.4. The fourth-order valence-corrected chi connectivity index (χ4v) is 4.50. The van der Waals surface area contributed by atoms with Gasteiger partial charge in [0.15, 0.2) is 11.6 Å². The van der Waals surface area contributed by atoms with E-state index in [0.29, 0.717) is 16.8 Å². The van der Waals surface area contributed by atoms with Crippen LogP contribution in [-0.2, 0) is 24.2 Å². The van der Waals surface area contributed by atoms with Gasteiger partial charge in [-0.25, -0.2) is 18.7 Å². The Hall–Kier alpha value is -3.39. The Bertz CT molecular complexity index is 1240. The van der Waals surface area contributed by atoms with Crippen molar-refractivity contribution in [2.45, 2.75) is 39.3 Å². The number of rotatable bonds is 4. The van der Waals surface area contributed by atoms with Crippen molar-refractivity contribution in [2.75, 3.05) is 23.3 Å². The van der Waals surface area contributed by atoms with Crippen LogP contribution in [0.5, 0.6) is 0 Å². The van der Waals surface area contributed by atoms with Gasteiger partial charge in [-0.05, 0) is 62.2 Å². The topological polar surface area (TPSA) is 70.2 Å². The van der Waals surface area contributed by atoms with E-state index in [4.69, 9.17) is 0 Å². The fraction of sp³-hybridized carbons (Fsp3) is 0.320. The number of fused-ring (bicyclic) bond motifs is 2. The molecule has 8 heteroatoms. The van der Waals surface area contributed by atoms with Gasteiger partial charge in [0.2, 0.25) is 5.95 Å². The first-order chi connectivity index (χ1) is 15.9. The highest BCUT2D eigenvalue weighted by Gasteiger charge is 2.28. The summed E-state index contributed by atoms with van der Waals surface area (Å²) in [6.07, 6.45) is 2.11. The molecule has 3 aromatic rings. The average molecular weight is 450 g/mol. The number of carbonyl (C=O) groups excluding carboxylic acids is 1. The van der Waals surface area contributed by atoms with E-state index in [1.54, 1.807) is 6.07 Å². The summed E-state index contributed by atoms with van der Waals surface area (Å²) in [6.45, 7) is 5.84. The zero-order valence-electron chi connectivity index (χ0n) is 18.6. The third-order valence-electron chi connectivity index (χ3n) is 6.19. The Morgan fingerprint density at radius 1 is 1.12 bits per heavy atom. The van der Waals surface area contributed by atoms with Gasteiger partial charge in [0, 0.05) is 41.5 Å². The number of hydrogen-bond donors (Lipinski definition) is 2. The summed E-state index contributed by atoms with van der Waals surface area (Å²) in [6, 6.07) is 9.01. The summed E-state index contributed by atoms with van der Waals surface area (Å²) < 4.78 is 29.8. The summed E-state index contributed by atoms with van der Waals surface area (Å²) in [5, 5.41) is 6.48. The standard InChI is InChI=1S/C25H25F2N5O/c1-14(2)32-13-19(33)10-20-21(26)8-16(9-23(20)32)24-22(27)12-29-25(31-24)30-18-4-3-15-5-6-28-11-17(15)7-18/h3-4,7-9,12,14,28H,5-6,10-11,13H2,1-2H3,(H,29,30,31). The van der Waals surface area contributed by atoms with Crippen LogP contribution in [0.4, 0.5) is 26.1 Å². The molecule has 33 heavy (non-hydrogen) atoms. The number of nitrogens with one attached hydrogen (secondary N) is 2. The van der Waals surface area contributed by atoms with Gasteiger partial charge in [0.25, 0.3) is 0 Å². The highest BCUT2D eigenvalue weighted by Crippen LogP contribution is 2.35. The summed E-state index contributed by atoms with van der Waals surface area (Å²) in [5.74, 6) is -0.986. The fourth-order valence-electron chi connectivity index (χ4n) is 4.50. The van der Waals surface area contributed by atoms with Crippen molar-refractivity contribution in [3.05, 3.63) is 64.9 Å². The minimum Gasteiger partial charge on any atom is -0.361 e. The van der Waals surface area contributed by atoms with Crippen LogP contribution < -0.4 is 15.5 Å². The Morgan fingerprint density at radius 3 is 2.79 bits per heavy atom. The van der Waals surface area contributed by atoms with E-state index in [2.05, 4.69) is 26.7 Å². The van der Waals surface area contributed by atoms with Crippen molar-refractivity contribution in [1.29, 1.82) is 0 Å². The van der Waals surface area contributed by atoms with Crippen LogP contribution in [0.2, 0.25) is 0 Å². The lowest BCUT2D eigenvalue weighted by molar-refractivity contribution is -0.117. The second-order valence-corrected chi connectivity index (χ2v) is 8.82. The molecule has 0 atom stereocenters. The molecule has 1 aromatic heterocycles. The zero-order valence-corrected chi connectivity index (χ0v) is 18.6. The van der Waals surface area contributed by atoms with Gasteiger partial charge in [0.05, 0.1) is 12.7 Å². The molecule has 0 saturated heterocycles. The number of nitrogens with zero attached hydrogens (tertiary/aromatic N) is 3. The van der Waals surface area contributed by atoms with E-state index in [1.165, 1.54) is 17.2 Å². The first kappa shape index (κ1) is 21.5. The molecule has 2 aromatic carbocycles. The number of ketones is 1. The molecule has 0 fully saturated rings. The maximum absolute atomic E-state index is 15.0. The maximum Gasteiger partial charge on any atom is 0.227 e. The third kappa shape index (κ3) is 4.18. The lowest BCUT2D eigenvalue weighted by Crippen LogP contribution is -2.40. The first-order valence-electron chi connectivity index (χ1n) is 11.1. The monoisotopic (exact) mass is 449 g/mol. The summed E-state index contributed by atoms with van der Waals surface area (Å²) >= 11 is 0. The van der Waals surface area contributed by atoms with E-state index in [0.717, 1.165) is 31.4 Å². The number of benzene rings is 2. The van der Waals surface area contributed by atoms with Crippen molar-refractivity contribution in [1.82, 2.24) is 15.3 Å². The van der Waals surface area contributed by atoms with Crippen LogP contribution in [-0.4, -0.2) is 34.9 Å². The Balaban J connectivity index is 1.50. The molecule has 6 nitrogen and oxygen atoms in total. The second kappa shape index (κ2) is 8.51. The van der Waals surface area contributed by atoms with Crippen LogP contribution in [0.3, 0.4) is 0 Å². The molecule has 0 unspecified atom stereocenters. The number of halogens is 2. The summed E-state index contributed by atoms with van der Waals surface area (Å²) in [5.41, 5.74) is 4.58. The van der Waals surface area contributed by atoms with Gasteiger partial charge in [-0.15, -0.1) is 0 Å². The van der Waals surface area contributed by atoms with Gasteiger partial charge < -0.3 is 15.5 Å². The molecule has 170 valence electrons. The largest absolute Gasteiger partial charge is 0.361 e. The van der Waals surface area contributed by atoms with E-state index >= 15 is 4.39 Å². The minimum absolute atomic E-state index is 0.00591. The van der Waals surface area contributed by atoms with E-state index in [9.17, 15) is 9.18 Å². The van der Waals surface area contributed by atoms with Crippen LogP contribution in [0.15, 0.2) is 36.5 Å². The molecular weight excluding hydrogens is 424 g/mol. The quantitative estimate of drug-likeness (QED) is 0.624. The molecule has 3 heterocycles. The number of aromatic nitrogens is 2. The highest BCUT2D eigenvalue weighted by molar-refractivity contribution is 5.91. The van der Waals surface area contributed by atoms with E-state index in [1.807, 2.05) is 30.9 Å². The predicted molar refractivity (Wildman–Crippen MR) is 124 cm³/mol. The Kier molecular flexibility index (Phi) is 5.54. The smallest absolute Gasteiger partial charge is 0.227 e. The van der Waals surface area contributed by atoms with Gasteiger partial charge in [-0.2, -0.15) is 0 Å². The van der Waals surface area contributed by atoms with Gasteiger partial charge >= 0.3 is 0 Å². The minimum atomic E-state index is -0.641. The highest BCUT2D eigenvalue weighted by atomic mass is 19.1. The lowest BCUT2D eigenvalue weighted by Gasteiger charge is -2.34. The summed E-state index contributed by atoms with van der Waals surface area (Å²) in [7, 11) is 0. The van der Waals surface area contributed by atoms with Crippen molar-refractivity contribution in [2.24, 2.45) is 0 Å². The van der Waals surface area contributed by atoms with Crippen LogP contribution in [0.25, 0.3) is 11.3 Å². The average Bonchev–Trinajstić information content (AvgIpc) is 2.80. The van der Waals surface area contributed by atoms with Gasteiger partial charge in [-0.1, -0.05) is 6.07 Å². The predicted octanol–water partition coefficient (Wildman–Crippen LogP) is 4.15. The SMILES string of the molecule is CC(C)N1CC(=O)Cc2c(F)cc(-c3nc(Nc4ccc5c(c4)CNCC5)ncc3F)cc21. The molecule has 0 radical (unpaired) electrons. The van der Waals surface area contributed by atoms with Gasteiger partial charge in [0.1, 0.15) is 11.5 Å². The molecule has 0 amide bonds. The van der Waals surface area contributed by atoms with E-state index < -0.39 is 11.6 Å². The number of hydrogen-bond acceptors (Lipinski definition) is 6. The number of carbonyl (C=O) groups is 1. The molecule has 0 aliphatic carbocycles. The van der Waals surface area contributed by atoms with Crippen molar-refractivity contribution in [3.63, 3.8) is 0 Å². The molecule has 2 aliphatic rings. The molecule has 0 spiro atoms. The van der Waals surface area contributed by atoms with E-state index in [-0.39, 0.29) is 36.4 Å². The molecule has 0 bridgehead atoms. The van der Waals surface area contributed by atoms with Crippen molar-refractivity contribution >= 4 is 23.1 Å². The molecule has 2 N–H and O–H groups in total. The second-order valence-electron chi connectivity index (χ2n) is 8.82. The molecule has 5 rings (SSSR count). The lowest BCUT2D eigenvalue weighted by atomic mass is 9.96. The third-order valence-corrected chi connectivity index (χ3v) is 6.19. The molecule has 0 saturated carbocycles. The Labute approximate surface area is 191 Å². The van der Waals surface area contributed by atoms with Crippen molar-refractivity contribution in [3.8, 4) is 11.3 Å². The van der Waals surface area contributed by atoms with Crippen LogP contribution in [0.1, 0.15) is 30.5 Å². The molecule has 2 aliphatic heterocycles. The molecular formula is C25H25F2N5O. The zero-order chi connectivity index (χ0) is 23.1. The number of Topliss-reactive ketones (excluding diaryl/α,β-unsaturated/α-hetero) is 1. The Morgan fingerprint density at radius 2 is 1.97 bits per heavy atom. The van der Waals surface area contributed by atoms with Crippen LogP contribution >= 0.6 is 0 Å². The maximum atomic E-state index is 15.0. The van der Waals surface area contributed by atoms with Crippen LogP contribution in [0, 0.1) is 11.6 Å². The first-order valence-corrected chi connectivity index (χ1v) is 11.1. The van der Waals surface area contributed by atoms with Gasteiger partial charge in [-0.3, -0.25) is 4.79 Å².